The van der Waals surface area contributed by atoms with Crippen LogP contribution in [0.5, 0.6) is 0 Å². The molecule has 0 aliphatic rings. The Morgan fingerprint density at radius 2 is 1.74 bits per heavy atom. The molecule has 0 rings (SSSR count). The molecule has 0 aromatic heterocycles. The standard InChI is InChI=1S/C12H20O7/c1-6-12(4,5)18-19-17-11(14)16-8-7-15-10(13)9(2)3/h2,6-8H2,1,3-5H3. The van der Waals surface area contributed by atoms with E-state index >= 15 is 0 Å². The van der Waals surface area contributed by atoms with Crippen molar-refractivity contribution < 1.29 is 33.9 Å². The molecule has 0 spiro atoms. The van der Waals surface area contributed by atoms with Crippen LogP contribution in [-0.2, 0) is 29.1 Å². The largest absolute Gasteiger partial charge is 0.542 e. The number of rotatable bonds is 8. The van der Waals surface area contributed by atoms with E-state index in [4.69, 9.17) is 4.89 Å². The lowest BCUT2D eigenvalue weighted by Crippen LogP contribution is -2.24. The summed E-state index contributed by atoms with van der Waals surface area (Å²) in [6.07, 6.45) is -0.416. The second kappa shape index (κ2) is 8.49. The maximum absolute atomic E-state index is 11.0. The molecule has 0 saturated heterocycles. The quantitative estimate of drug-likeness (QED) is 0.221. The molecular formula is C12H20O7. The van der Waals surface area contributed by atoms with E-state index in [0.717, 1.165) is 0 Å². The highest BCUT2D eigenvalue weighted by Crippen LogP contribution is 2.13. The van der Waals surface area contributed by atoms with E-state index in [0.29, 0.717) is 6.42 Å². The van der Waals surface area contributed by atoms with Gasteiger partial charge in [-0.05, 0) is 32.2 Å². The Kier molecular flexibility index (Phi) is 7.78. The van der Waals surface area contributed by atoms with Gasteiger partial charge in [-0.25, -0.2) is 14.5 Å². The van der Waals surface area contributed by atoms with Crippen molar-refractivity contribution in [3.05, 3.63) is 12.2 Å². The highest BCUT2D eigenvalue weighted by molar-refractivity contribution is 5.86. The number of hydrogen-bond acceptors (Lipinski definition) is 7. The molecule has 0 atom stereocenters. The summed E-state index contributed by atoms with van der Waals surface area (Å²) in [7, 11) is 0. The molecule has 0 fully saturated rings. The molecule has 0 aliphatic heterocycles. The van der Waals surface area contributed by atoms with Crippen molar-refractivity contribution in [2.75, 3.05) is 13.2 Å². The molecule has 7 nitrogen and oxygen atoms in total. The molecule has 0 bridgehead atoms. The van der Waals surface area contributed by atoms with Crippen molar-refractivity contribution in [2.45, 2.75) is 39.7 Å². The number of hydrogen-bond donors (Lipinski definition) is 0. The maximum atomic E-state index is 11.0. The number of carbonyl (C=O) groups is 2. The molecule has 0 aromatic carbocycles. The summed E-state index contributed by atoms with van der Waals surface area (Å²) in [5.41, 5.74) is -0.307. The molecule has 0 unspecified atom stereocenters. The molecule has 0 heterocycles. The van der Waals surface area contributed by atoms with E-state index in [9.17, 15) is 9.59 Å². The van der Waals surface area contributed by atoms with Gasteiger partial charge in [0.2, 0.25) is 0 Å². The summed E-state index contributed by atoms with van der Waals surface area (Å²) in [5, 5.41) is 4.27. The molecule has 0 radical (unpaired) electrons. The molecule has 110 valence electrons. The Morgan fingerprint density at radius 3 is 2.26 bits per heavy atom. The topological polar surface area (TPSA) is 80.3 Å². The lowest BCUT2D eigenvalue weighted by molar-refractivity contribution is -0.517. The van der Waals surface area contributed by atoms with Gasteiger partial charge in [0.15, 0.2) is 0 Å². The molecule has 0 aromatic rings. The van der Waals surface area contributed by atoms with Crippen LogP contribution >= 0.6 is 0 Å². The highest BCUT2D eigenvalue weighted by Gasteiger charge is 2.19. The zero-order valence-corrected chi connectivity index (χ0v) is 11.7. The second-order valence-electron chi connectivity index (χ2n) is 4.36. The van der Waals surface area contributed by atoms with Crippen molar-refractivity contribution in [2.24, 2.45) is 0 Å². The predicted octanol–water partition coefficient (Wildman–Crippen LogP) is 2.31. The average molecular weight is 276 g/mol. The normalized spacial score (nSPS) is 10.7. The molecule has 19 heavy (non-hydrogen) atoms. The van der Waals surface area contributed by atoms with Gasteiger partial charge in [-0.3, -0.25) is 0 Å². The van der Waals surface area contributed by atoms with Crippen molar-refractivity contribution in [1.29, 1.82) is 0 Å². The van der Waals surface area contributed by atoms with Gasteiger partial charge < -0.3 is 9.47 Å². The molecular weight excluding hydrogens is 256 g/mol. The lowest BCUT2D eigenvalue weighted by atomic mass is 10.1. The first-order valence-corrected chi connectivity index (χ1v) is 5.80. The Bertz CT molecular complexity index is 322. The Morgan fingerprint density at radius 1 is 1.16 bits per heavy atom. The first-order chi connectivity index (χ1) is 8.78. The van der Waals surface area contributed by atoms with Gasteiger partial charge in [0.05, 0.1) is 0 Å². The molecule has 7 heteroatoms. The summed E-state index contributed by atoms with van der Waals surface area (Å²) in [6.45, 7) is 10.1. The van der Waals surface area contributed by atoms with Gasteiger partial charge in [0.25, 0.3) is 0 Å². The minimum absolute atomic E-state index is 0.0951. The van der Waals surface area contributed by atoms with E-state index < -0.39 is 17.7 Å². The van der Waals surface area contributed by atoms with Gasteiger partial charge >= 0.3 is 12.1 Å². The summed E-state index contributed by atoms with van der Waals surface area (Å²) in [4.78, 5) is 31.0. The van der Waals surface area contributed by atoms with Crippen molar-refractivity contribution >= 4 is 12.1 Å². The minimum atomic E-state index is -1.08. The second-order valence-corrected chi connectivity index (χ2v) is 4.36. The van der Waals surface area contributed by atoms with Crippen LogP contribution in [0, 0.1) is 0 Å². The summed E-state index contributed by atoms with van der Waals surface area (Å²) in [5.74, 6) is -0.554. The van der Waals surface area contributed by atoms with Gasteiger partial charge in [0, 0.05) is 5.57 Å². The van der Waals surface area contributed by atoms with Crippen molar-refractivity contribution in [3.8, 4) is 0 Å². The highest BCUT2D eigenvalue weighted by atomic mass is 17.5. The zero-order valence-electron chi connectivity index (χ0n) is 11.7. The summed E-state index contributed by atoms with van der Waals surface area (Å²) < 4.78 is 9.23. The molecule has 0 N–H and O–H groups in total. The van der Waals surface area contributed by atoms with Crippen LogP contribution in [0.15, 0.2) is 12.2 Å². The van der Waals surface area contributed by atoms with E-state index in [1.807, 2.05) is 6.92 Å². The van der Waals surface area contributed by atoms with Crippen LogP contribution in [0.4, 0.5) is 4.79 Å². The Labute approximate surface area is 112 Å². The predicted molar refractivity (Wildman–Crippen MR) is 64.7 cm³/mol. The first kappa shape index (κ1) is 17.4. The first-order valence-electron chi connectivity index (χ1n) is 5.80. The van der Waals surface area contributed by atoms with Gasteiger partial charge in [-0.1, -0.05) is 13.5 Å². The van der Waals surface area contributed by atoms with Crippen LogP contribution in [0.25, 0.3) is 0 Å². The third-order valence-electron chi connectivity index (χ3n) is 2.10. The van der Waals surface area contributed by atoms with Gasteiger partial charge in [0.1, 0.15) is 18.8 Å². The maximum Gasteiger partial charge on any atom is 0.542 e. The van der Waals surface area contributed by atoms with Crippen molar-refractivity contribution in [1.82, 2.24) is 0 Å². The third kappa shape index (κ3) is 9.04. The van der Waals surface area contributed by atoms with Crippen LogP contribution in [-0.4, -0.2) is 30.9 Å². The third-order valence-corrected chi connectivity index (χ3v) is 2.10. The van der Waals surface area contributed by atoms with Crippen LogP contribution < -0.4 is 0 Å². The van der Waals surface area contributed by atoms with Crippen LogP contribution in [0.2, 0.25) is 0 Å². The van der Waals surface area contributed by atoms with Crippen molar-refractivity contribution in [3.63, 3.8) is 0 Å². The van der Waals surface area contributed by atoms with E-state index in [-0.39, 0.29) is 18.8 Å². The fourth-order valence-corrected chi connectivity index (χ4v) is 0.602. The number of carbonyl (C=O) groups excluding carboxylic acids is 2. The van der Waals surface area contributed by atoms with Crippen LogP contribution in [0.1, 0.15) is 34.1 Å². The molecule has 0 amide bonds. The van der Waals surface area contributed by atoms with Gasteiger partial charge in [-0.2, -0.15) is 4.89 Å². The fraction of sp³-hybridized carbons (Fsp3) is 0.667. The zero-order chi connectivity index (χ0) is 14.9. The Hall–Kier alpha value is -1.60. The summed E-state index contributed by atoms with van der Waals surface area (Å²) in [6, 6.07) is 0. The molecule has 0 saturated carbocycles. The monoisotopic (exact) mass is 276 g/mol. The van der Waals surface area contributed by atoms with E-state index in [2.05, 4.69) is 26.0 Å². The van der Waals surface area contributed by atoms with Crippen LogP contribution in [0.3, 0.4) is 0 Å². The minimum Gasteiger partial charge on any atom is -0.459 e. The smallest absolute Gasteiger partial charge is 0.459 e. The van der Waals surface area contributed by atoms with E-state index in [1.165, 1.54) is 6.92 Å². The number of esters is 1. The number of ether oxygens (including phenoxy) is 2. The lowest BCUT2D eigenvalue weighted by Gasteiger charge is -2.19. The van der Waals surface area contributed by atoms with E-state index in [1.54, 1.807) is 13.8 Å². The average Bonchev–Trinajstić information content (AvgIpc) is 2.34. The molecule has 0 aliphatic carbocycles. The summed E-state index contributed by atoms with van der Waals surface area (Å²) >= 11 is 0. The SMILES string of the molecule is C=C(C)C(=O)OCCOC(=O)OOOC(C)(C)CC. The Balaban J connectivity index is 3.61. The fourth-order valence-electron chi connectivity index (χ4n) is 0.602. The van der Waals surface area contributed by atoms with Gasteiger partial charge in [-0.15, -0.1) is 0 Å².